The second-order valence-corrected chi connectivity index (χ2v) is 3.03. The van der Waals surface area contributed by atoms with Gasteiger partial charge >= 0.3 is 0 Å². The number of halogens is 3. The van der Waals surface area contributed by atoms with Gasteiger partial charge in [0.1, 0.15) is 12.0 Å². The average Bonchev–Trinajstić information content (AvgIpc) is 2.08. The first kappa shape index (κ1) is 10.9. The monoisotopic (exact) mass is 222 g/mol. The molecule has 0 aliphatic rings. The van der Waals surface area contributed by atoms with E-state index in [9.17, 15) is 8.78 Å². The molecule has 78 valence electrons. The SMILES string of the molecule is CN(CC(F)F)c1ncnc(Cl)c1N. The van der Waals surface area contributed by atoms with E-state index in [1.54, 1.807) is 0 Å². The van der Waals surface area contributed by atoms with E-state index in [1.165, 1.54) is 18.3 Å². The van der Waals surface area contributed by atoms with Crippen LogP contribution in [0.2, 0.25) is 5.15 Å². The van der Waals surface area contributed by atoms with Crippen molar-refractivity contribution in [3.8, 4) is 0 Å². The lowest BCUT2D eigenvalue weighted by molar-refractivity contribution is 0.156. The number of anilines is 2. The Balaban J connectivity index is 2.89. The third-order valence-corrected chi connectivity index (χ3v) is 1.89. The van der Waals surface area contributed by atoms with E-state index in [-0.39, 0.29) is 16.7 Å². The van der Waals surface area contributed by atoms with Gasteiger partial charge in [-0.05, 0) is 0 Å². The quantitative estimate of drug-likeness (QED) is 0.786. The van der Waals surface area contributed by atoms with Crippen LogP contribution in [0.3, 0.4) is 0 Å². The highest BCUT2D eigenvalue weighted by Gasteiger charge is 2.14. The summed E-state index contributed by atoms with van der Waals surface area (Å²) in [6.45, 7) is -0.447. The number of rotatable bonds is 3. The lowest BCUT2D eigenvalue weighted by Crippen LogP contribution is -2.26. The summed E-state index contributed by atoms with van der Waals surface area (Å²) in [5, 5.41) is 0.0658. The fourth-order valence-corrected chi connectivity index (χ4v) is 1.09. The lowest BCUT2D eigenvalue weighted by atomic mass is 10.4. The maximum atomic E-state index is 12.0. The van der Waals surface area contributed by atoms with Gasteiger partial charge in [-0.3, -0.25) is 0 Å². The maximum absolute atomic E-state index is 12.0. The van der Waals surface area contributed by atoms with E-state index in [2.05, 4.69) is 9.97 Å². The molecule has 0 saturated heterocycles. The van der Waals surface area contributed by atoms with E-state index in [4.69, 9.17) is 17.3 Å². The Labute approximate surface area is 84.7 Å². The van der Waals surface area contributed by atoms with Gasteiger partial charge in [-0.25, -0.2) is 18.7 Å². The van der Waals surface area contributed by atoms with Gasteiger partial charge in [-0.2, -0.15) is 0 Å². The van der Waals surface area contributed by atoms with Crippen LogP contribution in [0.15, 0.2) is 6.33 Å². The fourth-order valence-electron chi connectivity index (χ4n) is 0.963. The van der Waals surface area contributed by atoms with Gasteiger partial charge in [-0.15, -0.1) is 0 Å². The van der Waals surface area contributed by atoms with Gasteiger partial charge in [0, 0.05) is 7.05 Å². The molecule has 1 aromatic heterocycles. The Bertz CT molecular complexity index is 321. The molecule has 1 aromatic rings. The predicted octanol–water partition coefficient (Wildman–Crippen LogP) is 1.41. The first-order valence-electron chi connectivity index (χ1n) is 3.77. The van der Waals surface area contributed by atoms with Gasteiger partial charge in [0.15, 0.2) is 11.0 Å². The topological polar surface area (TPSA) is 55.0 Å². The average molecular weight is 223 g/mol. The van der Waals surface area contributed by atoms with Gasteiger partial charge in [0.25, 0.3) is 6.43 Å². The number of nitrogen functional groups attached to an aromatic ring is 1. The normalized spacial score (nSPS) is 10.6. The predicted molar refractivity (Wildman–Crippen MR) is 50.7 cm³/mol. The summed E-state index contributed by atoms with van der Waals surface area (Å²) in [6.07, 6.45) is -1.27. The van der Waals surface area contributed by atoms with Crippen LogP contribution in [0.25, 0.3) is 0 Å². The summed E-state index contributed by atoms with van der Waals surface area (Å²) in [7, 11) is 1.46. The molecule has 1 rings (SSSR count). The van der Waals surface area contributed by atoms with Crippen LogP contribution < -0.4 is 10.6 Å². The Hall–Kier alpha value is -1.17. The molecule has 0 aliphatic heterocycles. The zero-order valence-electron chi connectivity index (χ0n) is 7.41. The van der Waals surface area contributed by atoms with Crippen molar-refractivity contribution in [1.82, 2.24) is 9.97 Å². The van der Waals surface area contributed by atoms with Crippen molar-refractivity contribution in [2.75, 3.05) is 24.2 Å². The van der Waals surface area contributed by atoms with Crippen LogP contribution >= 0.6 is 11.6 Å². The molecular weight excluding hydrogens is 214 g/mol. The third-order valence-electron chi connectivity index (χ3n) is 1.59. The number of alkyl halides is 2. The van der Waals surface area contributed by atoms with E-state index in [1.807, 2.05) is 0 Å². The van der Waals surface area contributed by atoms with E-state index in [0.29, 0.717) is 0 Å². The molecule has 0 spiro atoms. The van der Waals surface area contributed by atoms with Crippen LogP contribution in [0.4, 0.5) is 20.3 Å². The van der Waals surface area contributed by atoms with Crippen molar-refractivity contribution in [2.45, 2.75) is 6.43 Å². The highest BCUT2D eigenvalue weighted by Crippen LogP contribution is 2.24. The lowest BCUT2D eigenvalue weighted by Gasteiger charge is -2.18. The van der Waals surface area contributed by atoms with Crippen molar-refractivity contribution in [3.05, 3.63) is 11.5 Å². The smallest absolute Gasteiger partial charge is 0.255 e. The molecule has 0 amide bonds. The Morgan fingerprint density at radius 1 is 1.57 bits per heavy atom. The largest absolute Gasteiger partial charge is 0.393 e. The minimum absolute atomic E-state index is 0.0658. The van der Waals surface area contributed by atoms with Crippen LogP contribution in [0.5, 0.6) is 0 Å². The molecular formula is C7H9ClF2N4. The summed E-state index contributed by atoms with van der Waals surface area (Å²) in [5.41, 5.74) is 5.62. The Morgan fingerprint density at radius 2 is 2.21 bits per heavy atom. The van der Waals surface area contributed by atoms with Crippen LogP contribution in [0.1, 0.15) is 0 Å². The first-order chi connectivity index (χ1) is 6.52. The molecule has 0 saturated carbocycles. The minimum atomic E-state index is -2.45. The van der Waals surface area contributed by atoms with Crippen LogP contribution in [-0.4, -0.2) is 30.0 Å². The van der Waals surface area contributed by atoms with Gasteiger partial charge in [-0.1, -0.05) is 11.6 Å². The van der Waals surface area contributed by atoms with E-state index < -0.39 is 13.0 Å². The number of nitrogens with zero attached hydrogens (tertiary/aromatic N) is 3. The molecule has 1 heterocycles. The maximum Gasteiger partial charge on any atom is 0.255 e. The molecule has 7 heteroatoms. The third kappa shape index (κ3) is 2.41. The van der Waals surface area contributed by atoms with Crippen molar-refractivity contribution < 1.29 is 8.78 Å². The van der Waals surface area contributed by atoms with Crippen molar-refractivity contribution in [3.63, 3.8) is 0 Å². The highest BCUT2D eigenvalue weighted by atomic mass is 35.5. The first-order valence-corrected chi connectivity index (χ1v) is 4.15. The second-order valence-electron chi connectivity index (χ2n) is 2.67. The standard InChI is InChI=1S/C7H9ClF2N4/c1-14(2-4(9)10)7-5(11)6(8)12-3-13-7/h3-4H,2,11H2,1H3. The zero-order chi connectivity index (χ0) is 10.7. The number of nitrogens with two attached hydrogens (primary N) is 1. The van der Waals surface area contributed by atoms with Crippen molar-refractivity contribution >= 4 is 23.1 Å². The molecule has 0 fully saturated rings. The van der Waals surface area contributed by atoms with Gasteiger partial charge in [0.2, 0.25) is 0 Å². The van der Waals surface area contributed by atoms with E-state index in [0.717, 1.165) is 0 Å². The highest BCUT2D eigenvalue weighted by molar-refractivity contribution is 6.32. The molecule has 0 unspecified atom stereocenters. The number of aromatic nitrogens is 2. The van der Waals surface area contributed by atoms with Gasteiger partial charge in [0.05, 0.1) is 6.54 Å². The molecule has 0 aliphatic carbocycles. The Kier molecular flexibility index (Phi) is 3.40. The summed E-state index contributed by atoms with van der Waals surface area (Å²) < 4.78 is 24.1. The van der Waals surface area contributed by atoms with Gasteiger partial charge < -0.3 is 10.6 Å². The summed E-state index contributed by atoms with van der Waals surface area (Å²) >= 11 is 5.60. The van der Waals surface area contributed by atoms with Crippen LogP contribution in [0, 0.1) is 0 Å². The van der Waals surface area contributed by atoms with Crippen LogP contribution in [-0.2, 0) is 0 Å². The second kappa shape index (κ2) is 4.36. The summed E-state index contributed by atoms with van der Waals surface area (Å²) in [4.78, 5) is 8.61. The van der Waals surface area contributed by atoms with E-state index >= 15 is 0 Å². The van der Waals surface area contributed by atoms with Crippen molar-refractivity contribution in [2.24, 2.45) is 0 Å². The number of hydrogen-bond donors (Lipinski definition) is 1. The zero-order valence-corrected chi connectivity index (χ0v) is 8.17. The summed E-state index contributed by atoms with van der Waals surface area (Å²) in [6, 6.07) is 0. The minimum Gasteiger partial charge on any atom is -0.393 e. The molecule has 0 atom stereocenters. The Morgan fingerprint density at radius 3 is 2.79 bits per heavy atom. The molecule has 0 aromatic carbocycles. The van der Waals surface area contributed by atoms with Crippen molar-refractivity contribution in [1.29, 1.82) is 0 Å². The summed E-state index contributed by atoms with van der Waals surface area (Å²) in [5.74, 6) is 0.213. The number of hydrogen-bond acceptors (Lipinski definition) is 4. The fraction of sp³-hybridized carbons (Fsp3) is 0.429. The molecule has 2 N–H and O–H groups in total. The molecule has 0 radical (unpaired) electrons. The molecule has 0 bridgehead atoms. The molecule has 14 heavy (non-hydrogen) atoms. The molecule has 4 nitrogen and oxygen atoms in total.